The zero-order valence-electron chi connectivity index (χ0n) is 14.7. The standard InChI is InChI=1S/C19H24ClNO4/c1-4-25-18(22)12-17(21-2)14-9-15(11-16(20)10-14)19(13-23-3)5-7-24-8-6-19/h9-11,17H,4-8,12-13H2,1,3H3/t17-/m1/s1. The van der Waals surface area contributed by atoms with Crippen LogP contribution in [-0.4, -0.2) is 39.5 Å². The van der Waals surface area contributed by atoms with Gasteiger partial charge < -0.3 is 19.1 Å². The molecular weight excluding hydrogens is 342 g/mol. The molecule has 1 atom stereocenters. The Kier molecular flexibility index (Phi) is 7.24. The Morgan fingerprint density at radius 2 is 2.12 bits per heavy atom. The lowest BCUT2D eigenvalue weighted by atomic mass is 9.74. The second-order valence-electron chi connectivity index (χ2n) is 6.25. The number of rotatable bonds is 7. The molecule has 0 saturated carbocycles. The van der Waals surface area contributed by atoms with Crippen molar-refractivity contribution >= 4 is 17.6 Å². The van der Waals surface area contributed by atoms with Gasteiger partial charge in [-0.3, -0.25) is 4.79 Å². The van der Waals surface area contributed by atoms with E-state index in [4.69, 9.17) is 32.4 Å². The number of carbonyl (C=O) groups excluding carboxylic acids is 1. The van der Waals surface area contributed by atoms with E-state index in [0.29, 0.717) is 31.5 Å². The molecule has 0 aromatic heterocycles. The van der Waals surface area contributed by atoms with Crippen LogP contribution >= 0.6 is 11.6 Å². The number of methoxy groups -OCH3 is 1. The molecule has 1 aromatic carbocycles. The van der Waals surface area contributed by atoms with Crippen LogP contribution in [0.5, 0.6) is 0 Å². The fourth-order valence-corrected chi connectivity index (χ4v) is 3.53. The minimum Gasteiger partial charge on any atom is -0.466 e. The van der Waals surface area contributed by atoms with Gasteiger partial charge in [0.25, 0.3) is 6.04 Å². The van der Waals surface area contributed by atoms with Gasteiger partial charge in [-0.15, -0.1) is 0 Å². The summed E-state index contributed by atoms with van der Waals surface area (Å²) in [5, 5.41) is 0.562. The zero-order chi connectivity index (χ0) is 18.3. The number of benzene rings is 1. The molecule has 1 heterocycles. The van der Waals surface area contributed by atoms with Gasteiger partial charge in [0.1, 0.15) is 6.42 Å². The van der Waals surface area contributed by atoms with Crippen molar-refractivity contribution in [3.8, 4) is 0 Å². The van der Waals surface area contributed by atoms with E-state index in [2.05, 4.69) is 4.85 Å². The van der Waals surface area contributed by atoms with E-state index >= 15 is 0 Å². The van der Waals surface area contributed by atoms with Crippen LogP contribution < -0.4 is 0 Å². The second kappa shape index (κ2) is 9.19. The van der Waals surface area contributed by atoms with Crippen molar-refractivity contribution in [3.05, 3.63) is 45.8 Å². The maximum absolute atomic E-state index is 11.8. The van der Waals surface area contributed by atoms with Crippen molar-refractivity contribution in [1.29, 1.82) is 0 Å². The van der Waals surface area contributed by atoms with Crippen LogP contribution in [0.25, 0.3) is 4.85 Å². The van der Waals surface area contributed by atoms with Crippen LogP contribution in [0, 0.1) is 6.57 Å². The largest absolute Gasteiger partial charge is 0.466 e. The predicted molar refractivity (Wildman–Crippen MR) is 95.7 cm³/mol. The zero-order valence-corrected chi connectivity index (χ0v) is 15.5. The molecule has 0 radical (unpaired) electrons. The lowest BCUT2D eigenvalue weighted by Gasteiger charge is -2.37. The molecule has 0 unspecified atom stereocenters. The van der Waals surface area contributed by atoms with Crippen molar-refractivity contribution in [2.24, 2.45) is 0 Å². The molecule has 0 spiro atoms. The van der Waals surface area contributed by atoms with Gasteiger partial charge in [-0.05, 0) is 43.5 Å². The molecule has 0 bridgehead atoms. The third-order valence-electron chi connectivity index (χ3n) is 4.61. The molecule has 0 N–H and O–H groups in total. The summed E-state index contributed by atoms with van der Waals surface area (Å²) in [4.78, 5) is 15.4. The van der Waals surface area contributed by atoms with E-state index in [-0.39, 0.29) is 17.8 Å². The van der Waals surface area contributed by atoms with Crippen LogP contribution in [0.1, 0.15) is 43.4 Å². The van der Waals surface area contributed by atoms with Crippen molar-refractivity contribution in [2.75, 3.05) is 33.5 Å². The molecule has 5 nitrogen and oxygen atoms in total. The van der Waals surface area contributed by atoms with E-state index in [1.807, 2.05) is 12.1 Å². The summed E-state index contributed by atoms with van der Waals surface area (Å²) in [6.07, 6.45) is 1.69. The highest BCUT2D eigenvalue weighted by Crippen LogP contribution is 2.38. The topological polar surface area (TPSA) is 49.1 Å². The summed E-state index contributed by atoms with van der Waals surface area (Å²) in [5.41, 5.74) is 1.61. The van der Waals surface area contributed by atoms with E-state index in [1.165, 1.54) is 0 Å². The second-order valence-corrected chi connectivity index (χ2v) is 6.69. The lowest BCUT2D eigenvalue weighted by Crippen LogP contribution is -2.38. The first-order valence-electron chi connectivity index (χ1n) is 8.44. The van der Waals surface area contributed by atoms with Gasteiger partial charge in [0, 0.05) is 36.3 Å². The maximum Gasteiger partial charge on any atom is 0.314 e. The summed E-state index contributed by atoms with van der Waals surface area (Å²) in [7, 11) is 1.69. The van der Waals surface area contributed by atoms with Gasteiger partial charge in [-0.1, -0.05) is 11.6 Å². The minimum absolute atomic E-state index is 0.0253. The molecule has 25 heavy (non-hydrogen) atoms. The Morgan fingerprint density at radius 3 is 2.72 bits per heavy atom. The quantitative estimate of drug-likeness (QED) is 0.542. The number of halogens is 1. The Morgan fingerprint density at radius 1 is 1.40 bits per heavy atom. The van der Waals surface area contributed by atoms with Gasteiger partial charge in [0.15, 0.2) is 0 Å². The first-order chi connectivity index (χ1) is 12.0. The van der Waals surface area contributed by atoms with Crippen molar-refractivity contribution in [1.82, 2.24) is 0 Å². The van der Waals surface area contributed by atoms with Gasteiger partial charge in [0.2, 0.25) is 0 Å². The van der Waals surface area contributed by atoms with Crippen molar-refractivity contribution in [2.45, 2.75) is 37.6 Å². The SMILES string of the molecule is [C-]#[N+][C@H](CC(=O)OCC)c1cc(Cl)cc(C2(COC)CCOCC2)c1. The molecule has 1 aliphatic heterocycles. The first-order valence-corrected chi connectivity index (χ1v) is 8.82. The van der Waals surface area contributed by atoms with Gasteiger partial charge in [-0.2, -0.15) is 0 Å². The highest BCUT2D eigenvalue weighted by Gasteiger charge is 2.36. The van der Waals surface area contributed by atoms with Gasteiger partial charge in [0.05, 0.1) is 13.2 Å². The van der Waals surface area contributed by atoms with E-state index < -0.39 is 6.04 Å². The van der Waals surface area contributed by atoms with Crippen LogP contribution in [0.2, 0.25) is 5.02 Å². The first kappa shape index (κ1) is 19.7. The molecule has 1 saturated heterocycles. The number of nitrogens with zero attached hydrogens (tertiary/aromatic N) is 1. The summed E-state index contributed by atoms with van der Waals surface area (Å²) in [5.74, 6) is -0.373. The summed E-state index contributed by atoms with van der Waals surface area (Å²) >= 11 is 6.34. The summed E-state index contributed by atoms with van der Waals surface area (Å²) in [6, 6.07) is 5.07. The van der Waals surface area contributed by atoms with Crippen LogP contribution in [0.4, 0.5) is 0 Å². The van der Waals surface area contributed by atoms with E-state index in [9.17, 15) is 4.79 Å². The van der Waals surface area contributed by atoms with Gasteiger partial charge in [-0.25, -0.2) is 6.57 Å². The highest BCUT2D eigenvalue weighted by molar-refractivity contribution is 6.30. The Hall–Kier alpha value is -1.61. The fraction of sp³-hybridized carbons (Fsp3) is 0.579. The molecule has 0 amide bonds. The average molecular weight is 366 g/mol. The average Bonchev–Trinajstić information content (AvgIpc) is 2.60. The van der Waals surface area contributed by atoms with Crippen LogP contribution in [-0.2, 0) is 24.4 Å². The number of hydrogen-bond acceptors (Lipinski definition) is 4. The molecule has 1 aromatic rings. The number of carbonyl (C=O) groups is 1. The molecule has 6 heteroatoms. The normalized spacial score (nSPS) is 17.5. The molecule has 0 aliphatic carbocycles. The molecule has 1 aliphatic rings. The molecular formula is C19H24ClNO4. The fourth-order valence-electron chi connectivity index (χ4n) is 3.28. The molecule has 2 rings (SSSR count). The van der Waals surface area contributed by atoms with Crippen molar-refractivity contribution < 1.29 is 19.0 Å². The van der Waals surface area contributed by atoms with Gasteiger partial charge >= 0.3 is 5.97 Å². The summed E-state index contributed by atoms with van der Waals surface area (Å²) in [6.45, 7) is 11.4. The monoisotopic (exact) mass is 365 g/mol. The predicted octanol–water partition coefficient (Wildman–Crippen LogP) is 3.95. The Balaban J connectivity index is 2.35. The molecule has 136 valence electrons. The number of esters is 1. The van der Waals surface area contributed by atoms with Crippen LogP contribution in [0.15, 0.2) is 18.2 Å². The highest BCUT2D eigenvalue weighted by atomic mass is 35.5. The number of ether oxygens (including phenoxy) is 3. The third kappa shape index (κ3) is 4.94. The Bertz CT molecular complexity index is 629. The lowest BCUT2D eigenvalue weighted by molar-refractivity contribution is -0.143. The Labute approximate surface area is 154 Å². The van der Waals surface area contributed by atoms with Crippen molar-refractivity contribution in [3.63, 3.8) is 0 Å². The number of hydrogen-bond donors (Lipinski definition) is 0. The maximum atomic E-state index is 11.8. The van der Waals surface area contributed by atoms with E-state index in [1.54, 1.807) is 20.1 Å². The van der Waals surface area contributed by atoms with E-state index in [0.717, 1.165) is 24.0 Å². The minimum atomic E-state index is -0.601. The summed E-state index contributed by atoms with van der Waals surface area (Å²) < 4.78 is 16.0. The third-order valence-corrected chi connectivity index (χ3v) is 4.83. The van der Waals surface area contributed by atoms with Crippen LogP contribution in [0.3, 0.4) is 0 Å². The smallest absolute Gasteiger partial charge is 0.314 e. The molecule has 1 fully saturated rings.